The van der Waals surface area contributed by atoms with Crippen LogP contribution in [0.3, 0.4) is 0 Å². The Kier molecular flexibility index (Phi) is 3.97. The fourth-order valence-electron chi connectivity index (χ4n) is 2.55. The molecule has 1 aliphatic rings. The molecule has 0 aliphatic carbocycles. The molecule has 6 nitrogen and oxygen atoms in total. The lowest BCUT2D eigenvalue weighted by molar-refractivity contribution is 0.170. The zero-order valence-electron chi connectivity index (χ0n) is 12.6. The lowest BCUT2D eigenvalue weighted by Gasteiger charge is -2.24. The highest BCUT2D eigenvalue weighted by atomic mass is 35.5. The van der Waals surface area contributed by atoms with Crippen LogP contribution in [0.25, 0.3) is 11.0 Å². The third kappa shape index (κ3) is 3.18. The van der Waals surface area contributed by atoms with E-state index in [4.69, 9.17) is 16.3 Å². The van der Waals surface area contributed by atoms with Crippen LogP contribution in [0.15, 0.2) is 18.2 Å². The van der Waals surface area contributed by atoms with Gasteiger partial charge in [0.1, 0.15) is 5.82 Å². The number of rotatable bonds is 3. The second-order valence-corrected chi connectivity index (χ2v) is 6.40. The van der Waals surface area contributed by atoms with Crippen molar-refractivity contribution in [3.8, 4) is 0 Å². The number of carbonyl (C=O) groups is 1. The van der Waals surface area contributed by atoms with Gasteiger partial charge in [0.15, 0.2) is 0 Å². The van der Waals surface area contributed by atoms with E-state index in [1.165, 1.54) is 0 Å². The van der Waals surface area contributed by atoms with Gasteiger partial charge >= 0.3 is 6.03 Å². The molecule has 2 heterocycles. The van der Waals surface area contributed by atoms with Crippen molar-refractivity contribution in [2.45, 2.75) is 31.8 Å². The number of aromatic nitrogens is 2. The predicted octanol–water partition coefficient (Wildman–Crippen LogP) is 2.76. The van der Waals surface area contributed by atoms with Crippen LogP contribution in [0.4, 0.5) is 4.79 Å². The van der Waals surface area contributed by atoms with Gasteiger partial charge in [0.05, 0.1) is 29.2 Å². The molecular weight excluding hydrogens is 304 g/mol. The van der Waals surface area contributed by atoms with E-state index in [2.05, 4.69) is 20.6 Å². The summed E-state index contributed by atoms with van der Waals surface area (Å²) in [5, 5.41) is 6.50. The normalized spacial score (nSPS) is 22.7. The Bertz CT molecular complexity index is 694. The number of benzene rings is 1. The summed E-state index contributed by atoms with van der Waals surface area (Å²) in [5.74, 6) is 0.695. The molecule has 1 fully saturated rings. The van der Waals surface area contributed by atoms with Crippen molar-refractivity contribution in [2.75, 3.05) is 13.2 Å². The first-order valence-electron chi connectivity index (χ1n) is 7.27. The van der Waals surface area contributed by atoms with Crippen molar-refractivity contribution < 1.29 is 9.53 Å². The van der Waals surface area contributed by atoms with Crippen LogP contribution in [0, 0.1) is 0 Å². The molecule has 3 N–H and O–H groups in total. The van der Waals surface area contributed by atoms with Gasteiger partial charge in [-0.3, -0.25) is 0 Å². The summed E-state index contributed by atoms with van der Waals surface area (Å²) >= 11 is 5.96. The van der Waals surface area contributed by atoms with Crippen molar-refractivity contribution in [2.24, 2.45) is 0 Å². The van der Waals surface area contributed by atoms with Gasteiger partial charge in [-0.2, -0.15) is 0 Å². The number of ether oxygens (including phenoxy) is 1. The predicted molar refractivity (Wildman–Crippen MR) is 85.0 cm³/mol. The number of imidazole rings is 1. The lowest BCUT2D eigenvalue weighted by Crippen LogP contribution is -2.51. The molecule has 2 amide bonds. The van der Waals surface area contributed by atoms with Crippen LogP contribution in [0.1, 0.15) is 32.1 Å². The molecule has 22 heavy (non-hydrogen) atoms. The topological polar surface area (TPSA) is 79.0 Å². The van der Waals surface area contributed by atoms with E-state index in [0.717, 1.165) is 17.5 Å². The monoisotopic (exact) mass is 322 g/mol. The summed E-state index contributed by atoms with van der Waals surface area (Å²) in [6, 6.07) is 5.00. The van der Waals surface area contributed by atoms with Gasteiger partial charge in [0.2, 0.25) is 0 Å². The summed E-state index contributed by atoms with van der Waals surface area (Å²) in [6.45, 7) is 5.08. The number of hydrogen-bond acceptors (Lipinski definition) is 3. The van der Waals surface area contributed by atoms with Crippen molar-refractivity contribution in [1.29, 1.82) is 0 Å². The third-order valence-corrected chi connectivity index (χ3v) is 4.09. The quantitative estimate of drug-likeness (QED) is 0.813. The summed E-state index contributed by atoms with van der Waals surface area (Å²) < 4.78 is 5.33. The molecule has 2 atom stereocenters. The van der Waals surface area contributed by atoms with Gasteiger partial charge < -0.3 is 20.4 Å². The van der Waals surface area contributed by atoms with Crippen molar-refractivity contribution in [3.63, 3.8) is 0 Å². The van der Waals surface area contributed by atoms with Crippen LogP contribution >= 0.6 is 11.6 Å². The zero-order valence-corrected chi connectivity index (χ0v) is 13.3. The Morgan fingerprint density at radius 2 is 2.36 bits per heavy atom. The molecule has 1 aromatic heterocycles. The number of urea groups is 1. The largest absolute Gasteiger partial charge is 0.379 e. The Morgan fingerprint density at radius 1 is 1.55 bits per heavy atom. The van der Waals surface area contributed by atoms with Crippen molar-refractivity contribution in [3.05, 3.63) is 29.0 Å². The van der Waals surface area contributed by atoms with Crippen LogP contribution in [0.5, 0.6) is 0 Å². The van der Waals surface area contributed by atoms with Gasteiger partial charge in [-0.05, 0) is 38.5 Å². The fourth-order valence-corrected chi connectivity index (χ4v) is 2.72. The number of H-pyrrole nitrogens is 1. The highest BCUT2D eigenvalue weighted by Crippen LogP contribution is 2.20. The average molecular weight is 323 g/mol. The molecule has 1 aliphatic heterocycles. The number of hydrogen-bond donors (Lipinski definition) is 3. The summed E-state index contributed by atoms with van der Waals surface area (Å²) in [6.07, 6.45) is 0.817. The fraction of sp³-hybridized carbons (Fsp3) is 0.467. The molecule has 0 unspecified atom stereocenters. The number of nitrogens with zero attached hydrogens (tertiary/aromatic N) is 1. The first-order valence-corrected chi connectivity index (χ1v) is 7.65. The number of fused-ring (bicyclic) bond motifs is 1. The van der Waals surface area contributed by atoms with E-state index in [1.807, 2.05) is 26.0 Å². The molecule has 118 valence electrons. The summed E-state index contributed by atoms with van der Waals surface area (Å²) in [4.78, 5) is 19.8. The maximum atomic E-state index is 12.1. The maximum absolute atomic E-state index is 12.1. The standard InChI is InChI=1S/C15H19ClN4O2/c1-9(17-14(21)20-15(2)5-6-22-8-15)13-18-11-4-3-10(16)7-12(11)19-13/h3-4,7,9H,5-6,8H2,1-2H3,(H,18,19)(H2,17,20,21)/t9-,15+/m0/s1. The SMILES string of the molecule is C[C@H](NC(=O)N[C@]1(C)CCOC1)c1nc2ccc(Cl)cc2[nH]1. The van der Waals surface area contributed by atoms with Crippen LogP contribution in [-0.2, 0) is 4.74 Å². The van der Waals surface area contributed by atoms with E-state index in [0.29, 0.717) is 24.1 Å². The van der Waals surface area contributed by atoms with Crippen molar-refractivity contribution >= 4 is 28.7 Å². The Labute approximate surface area is 133 Å². The Morgan fingerprint density at radius 3 is 3.09 bits per heavy atom. The molecule has 0 spiro atoms. The molecule has 1 saturated heterocycles. The number of nitrogens with one attached hydrogen (secondary N) is 3. The van der Waals surface area contributed by atoms with E-state index in [9.17, 15) is 4.79 Å². The smallest absolute Gasteiger partial charge is 0.315 e. The van der Waals surface area contributed by atoms with Crippen molar-refractivity contribution in [1.82, 2.24) is 20.6 Å². The minimum Gasteiger partial charge on any atom is -0.379 e. The van der Waals surface area contributed by atoms with Gasteiger partial charge in [-0.1, -0.05) is 11.6 Å². The van der Waals surface area contributed by atoms with Gasteiger partial charge in [0.25, 0.3) is 0 Å². The van der Waals surface area contributed by atoms with Crippen LogP contribution in [-0.4, -0.2) is 34.8 Å². The molecule has 7 heteroatoms. The Hall–Kier alpha value is -1.79. The molecular formula is C15H19ClN4O2. The molecule has 0 saturated carbocycles. The highest BCUT2D eigenvalue weighted by Gasteiger charge is 2.31. The van der Waals surface area contributed by atoms with E-state index < -0.39 is 0 Å². The van der Waals surface area contributed by atoms with Gasteiger partial charge in [-0.15, -0.1) is 0 Å². The first kappa shape index (κ1) is 15.1. The number of carbonyl (C=O) groups excluding carboxylic acids is 1. The van der Waals surface area contributed by atoms with Crippen LogP contribution in [0.2, 0.25) is 5.02 Å². The number of aromatic amines is 1. The molecule has 0 radical (unpaired) electrons. The lowest BCUT2D eigenvalue weighted by atomic mass is 10.0. The average Bonchev–Trinajstić information content (AvgIpc) is 3.04. The van der Waals surface area contributed by atoms with Gasteiger partial charge in [-0.25, -0.2) is 9.78 Å². The minimum atomic E-state index is -0.300. The second-order valence-electron chi connectivity index (χ2n) is 5.97. The van der Waals surface area contributed by atoms with E-state index in [1.54, 1.807) is 6.07 Å². The van der Waals surface area contributed by atoms with E-state index >= 15 is 0 Å². The highest BCUT2D eigenvalue weighted by molar-refractivity contribution is 6.31. The van der Waals surface area contributed by atoms with E-state index in [-0.39, 0.29) is 17.6 Å². The molecule has 2 aromatic rings. The summed E-state index contributed by atoms with van der Waals surface area (Å²) in [5.41, 5.74) is 1.38. The number of halogens is 1. The summed E-state index contributed by atoms with van der Waals surface area (Å²) in [7, 11) is 0. The maximum Gasteiger partial charge on any atom is 0.315 e. The minimum absolute atomic E-state index is 0.223. The Balaban J connectivity index is 1.67. The third-order valence-electron chi connectivity index (χ3n) is 3.85. The first-order chi connectivity index (χ1) is 10.5. The number of amides is 2. The zero-order chi connectivity index (χ0) is 15.7. The van der Waals surface area contributed by atoms with Crippen LogP contribution < -0.4 is 10.6 Å². The van der Waals surface area contributed by atoms with Gasteiger partial charge in [0, 0.05) is 11.6 Å². The second kappa shape index (κ2) is 5.78. The molecule has 3 rings (SSSR count). The molecule has 1 aromatic carbocycles. The molecule has 0 bridgehead atoms.